The van der Waals surface area contributed by atoms with Gasteiger partial charge >= 0.3 is 0 Å². The van der Waals surface area contributed by atoms with Crippen molar-refractivity contribution in [2.75, 3.05) is 40.3 Å². The van der Waals surface area contributed by atoms with Crippen LogP contribution >= 0.6 is 0 Å². The van der Waals surface area contributed by atoms with Gasteiger partial charge in [-0.1, -0.05) is 0 Å². The standard InChI is InChI=1S/C11H21N3O/c1-13(2)8-11(15)14-6-9-4-3-5-12-10(9)7-14/h9-10,12H,3-8H2,1-2H3/t9-,10+/m0/s1. The average Bonchev–Trinajstić information content (AvgIpc) is 2.59. The second-order valence-electron chi connectivity index (χ2n) is 5.00. The Labute approximate surface area is 91.6 Å². The maximum atomic E-state index is 11.9. The number of likely N-dealkylation sites (N-methyl/N-ethyl adjacent to an activating group) is 1. The second-order valence-corrected chi connectivity index (χ2v) is 5.00. The van der Waals surface area contributed by atoms with Gasteiger partial charge in [-0.3, -0.25) is 4.79 Å². The number of hydrogen-bond donors (Lipinski definition) is 1. The minimum Gasteiger partial charge on any atom is -0.340 e. The molecule has 86 valence electrons. The van der Waals surface area contributed by atoms with Crippen LogP contribution < -0.4 is 5.32 Å². The third-order valence-electron chi connectivity index (χ3n) is 3.40. The molecule has 1 amide bonds. The van der Waals surface area contributed by atoms with E-state index in [2.05, 4.69) is 5.32 Å². The zero-order chi connectivity index (χ0) is 10.8. The van der Waals surface area contributed by atoms with Gasteiger partial charge in [0.15, 0.2) is 0 Å². The molecule has 0 aromatic carbocycles. The second kappa shape index (κ2) is 4.49. The molecule has 0 aromatic heterocycles. The van der Waals surface area contributed by atoms with Crippen LogP contribution in [0.3, 0.4) is 0 Å². The summed E-state index contributed by atoms with van der Waals surface area (Å²) in [6.45, 7) is 3.54. The SMILES string of the molecule is CN(C)CC(=O)N1C[C@@H]2CCCN[C@@H]2C1. The Kier molecular flexibility index (Phi) is 3.26. The van der Waals surface area contributed by atoms with E-state index in [4.69, 9.17) is 0 Å². The Morgan fingerprint density at radius 2 is 2.27 bits per heavy atom. The lowest BCUT2D eigenvalue weighted by Crippen LogP contribution is -2.41. The minimum absolute atomic E-state index is 0.274. The smallest absolute Gasteiger partial charge is 0.236 e. The first-order chi connectivity index (χ1) is 7.16. The number of amides is 1. The van der Waals surface area contributed by atoms with E-state index in [1.54, 1.807) is 0 Å². The van der Waals surface area contributed by atoms with Gasteiger partial charge < -0.3 is 15.1 Å². The van der Waals surface area contributed by atoms with Crippen LogP contribution in [-0.4, -0.2) is 62.0 Å². The Bertz CT molecular complexity index is 228. The van der Waals surface area contributed by atoms with Crippen LogP contribution in [-0.2, 0) is 4.79 Å². The van der Waals surface area contributed by atoms with Gasteiger partial charge in [-0.2, -0.15) is 0 Å². The molecule has 2 saturated heterocycles. The van der Waals surface area contributed by atoms with E-state index >= 15 is 0 Å². The predicted molar refractivity (Wildman–Crippen MR) is 59.6 cm³/mol. The first-order valence-electron chi connectivity index (χ1n) is 5.82. The molecule has 4 nitrogen and oxygen atoms in total. The molecule has 2 fully saturated rings. The summed E-state index contributed by atoms with van der Waals surface area (Å²) < 4.78 is 0. The summed E-state index contributed by atoms with van der Waals surface area (Å²) in [5.74, 6) is 0.973. The minimum atomic E-state index is 0.274. The fourth-order valence-electron chi connectivity index (χ4n) is 2.62. The number of carbonyl (C=O) groups is 1. The van der Waals surface area contributed by atoms with Gasteiger partial charge in [0.25, 0.3) is 0 Å². The molecule has 0 radical (unpaired) electrons. The fraction of sp³-hybridized carbons (Fsp3) is 0.909. The van der Waals surface area contributed by atoms with Crippen LogP contribution in [0.5, 0.6) is 0 Å². The number of fused-ring (bicyclic) bond motifs is 1. The molecule has 2 aliphatic heterocycles. The third kappa shape index (κ3) is 2.49. The van der Waals surface area contributed by atoms with Crippen LogP contribution in [0.25, 0.3) is 0 Å². The van der Waals surface area contributed by atoms with Gasteiger partial charge in [0.2, 0.25) is 5.91 Å². The summed E-state index contributed by atoms with van der Waals surface area (Å²) in [5.41, 5.74) is 0. The van der Waals surface area contributed by atoms with Gasteiger partial charge in [0.1, 0.15) is 0 Å². The Balaban J connectivity index is 1.88. The predicted octanol–water partition coefficient (Wildman–Crippen LogP) is -0.242. The summed E-state index contributed by atoms with van der Waals surface area (Å²) in [5, 5.41) is 3.51. The molecule has 2 rings (SSSR count). The molecule has 0 saturated carbocycles. The Morgan fingerprint density at radius 1 is 1.47 bits per heavy atom. The van der Waals surface area contributed by atoms with Gasteiger partial charge in [-0.15, -0.1) is 0 Å². The van der Waals surface area contributed by atoms with Crippen molar-refractivity contribution in [3.63, 3.8) is 0 Å². The number of carbonyl (C=O) groups excluding carboxylic acids is 1. The molecule has 0 unspecified atom stereocenters. The van der Waals surface area contributed by atoms with E-state index < -0.39 is 0 Å². The summed E-state index contributed by atoms with van der Waals surface area (Å²) in [6.07, 6.45) is 2.54. The number of likely N-dealkylation sites (tertiary alicyclic amines) is 1. The van der Waals surface area contributed by atoms with Crippen LogP contribution in [0, 0.1) is 5.92 Å². The molecule has 1 N–H and O–H groups in total. The first-order valence-corrected chi connectivity index (χ1v) is 5.82. The highest BCUT2D eigenvalue weighted by molar-refractivity contribution is 5.78. The van der Waals surface area contributed by atoms with E-state index in [9.17, 15) is 4.79 Å². The molecule has 0 aliphatic carbocycles. The molecule has 2 aliphatic rings. The highest BCUT2D eigenvalue weighted by Gasteiger charge is 2.36. The van der Waals surface area contributed by atoms with Crippen LogP contribution in [0.15, 0.2) is 0 Å². The maximum Gasteiger partial charge on any atom is 0.236 e. The average molecular weight is 211 g/mol. The Hall–Kier alpha value is -0.610. The fourth-order valence-corrected chi connectivity index (χ4v) is 2.62. The maximum absolute atomic E-state index is 11.9. The van der Waals surface area contributed by atoms with Crippen molar-refractivity contribution < 1.29 is 4.79 Å². The van der Waals surface area contributed by atoms with E-state index in [0.717, 1.165) is 19.6 Å². The van der Waals surface area contributed by atoms with Crippen LogP contribution in [0.1, 0.15) is 12.8 Å². The number of nitrogens with zero attached hydrogens (tertiary/aromatic N) is 2. The largest absolute Gasteiger partial charge is 0.340 e. The van der Waals surface area contributed by atoms with Crippen molar-refractivity contribution in [3.8, 4) is 0 Å². The van der Waals surface area contributed by atoms with E-state index in [0.29, 0.717) is 18.5 Å². The van der Waals surface area contributed by atoms with Crippen LogP contribution in [0.4, 0.5) is 0 Å². The summed E-state index contributed by atoms with van der Waals surface area (Å²) in [4.78, 5) is 15.8. The molecular weight excluding hydrogens is 190 g/mol. The summed E-state index contributed by atoms with van der Waals surface area (Å²) >= 11 is 0. The molecule has 0 spiro atoms. The van der Waals surface area contributed by atoms with Crippen molar-refractivity contribution in [1.82, 2.24) is 15.1 Å². The summed E-state index contributed by atoms with van der Waals surface area (Å²) in [7, 11) is 3.89. The van der Waals surface area contributed by atoms with Gasteiger partial charge in [0.05, 0.1) is 6.54 Å². The van der Waals surface area contributed by atoms with Gasteiger partial charge in [0, 0.05) is 19.1 Å². The molecule has 15 heavy (non-hydrogen) atoms. The van der Waals surface area contributed by atoms with Crippen molar-refractivity contribution >= 4 is 5.91 Å². The number of rotatable bonds is 2. The van der Waals surface area contributed by atoms with Gasteiger partial charge in [-0.25, -0.2) is 0 Å². The van der Waals surface area contributed by atoms with Crippen molar-refractivity contribution in [2.45, 2.75) is 18.9 Å². The first kappa shape index (κ1) is 10.9. The quantitative estimate of drug-likeness (QED) is 0.684. The lowest BCUT2D eigenvalue weighted by atomic mass is 9.94. The van der Waals surface area contributed by atoms with Crippen molar-refractivity contribution in [3.05, 3.63) is 0 Å². The monoisotopic (exact) mass is 211 g/mol. The number of nitrogens with one attached hydrogen (secondary N) is 1. The number of piperidine rings is 1. The molecule has 2 heterocycles. The van der Waals surface area contributed by atoms with E-state index in [1.807, 2.05) is 23.9 Å². The van der Waals surface area contributed by atoms with Gasteiger partial charge in [-0.05, 0) is 39.4 Å². The van der Waals surface area contributed by atoms with Crippen molar-refractivity contribution in [1.29, 1.82) is 0 Å². The molecule has 0 bridgehead atoms. The molecule has 2 atom stereocenters. The normalized spacial score (nSPS) is 30.7. The van der Waals surface area contributed by atoms with Crippen LogP contribution in [0.2, 0.25) is 0 Å². The molecule has 4 heteroatoms. The lowest BCUT2D eigenvalue weighted by molar-refractivity contribution is -0.130. The highest BCUT2D eigenvalue weighted by Crippen LogP contribution is 2.24. The van der Waals surface area contributed by atoms with E-state index in [1.165, 1.54) is 12.8 Å². The summed E-state index contributed by atoms with van der Waals surface area (Å²) in [6, 6.07) is 0.560. The topological polar surface area (TPSA) is 35.6 Å². The van der Waals surface area contributed by atoms with E-state index in [-0.39, 0.29) is 5.91 Å². The van der Waals surface area contributed by atoms with Crippen molar-refractivity contribution in [2.24, 2.45) is 5.92 Å². The Morgan fingerprint density at radius 3 is 2.93 bits per heavy atom. The number of hydrogen-bond acceptors (Lipinski definition) is 3. The molecule has 0 aromatic rings. The lowest BCUT2D eigenvalue weighted by Gasteiger charge is -2.24. The third-order valence-corrected chi connectivity index (χ3v) is 3.40. The molecular formula is C11H21N3O. The zero-order valence-electron chi connectivity index (χ0n) is 9.70. The zero-order valence-corrected chi connectivity index (χ0v) is 9.70. The highest BCUT2D eigenvalue weighted by atomic mass is 16.2.